The van der Waals surface area contributed by atoms with E-state index in [0.717, 1.165) is 22.1 Å². The molecule has 0 aliphatic carbocycles. The van der Waals surface area contributed by atoms with Crippen molar-refractivity contribution in [1.82, 2.24) is 19.3 Å². The molecule has 1 N–H and O–H groups in total. The molecule has 158 valence electrons. The lowest BCUT2D eigenvalue weighted by Gasteiger charge is -2.34. The maximum atomic E-state index is 12.9. The fourth-order valence-corrected chi connectivity index (χ4v) is 6.21. The van der Waals surface area contributed by atoms with Crippen molar-refractivity contribution in [2.45, 2.75) is 25.0 Å². The van der Waals surface area contributed by atoms with Crippen LogP contribution in [0.2, 0.25) is 0 Å². The van der Waals surface area contributed by atoms with Gasteiger partial charge in [-0.3, -0.25) is 0 Å². The number of aromatic nitrogens is 3. The second-order valence-corrected chi connectivity index (χ2v) is 10.7. The summed E-state index contributed by atoms with van der Waals surface area (Å²) in [5.74, 6) is 2.81. The van der Waals surface area contributed by atoms with Crippen LogP contribution in [0.3, 0.4) is 0 Å². The van der Waals surface area contributed by atoms with Crippen LogP contribution in [0.25, 0.3) is 0 Å². The van der Waals surface area contributed by atoms with Gasteiger partial charge < -0.3 is 10.2 Å². The fourth-order valence-electron chi connectivity index (χ4n) is 3.35. The van der Waals surface area contributed by atoms with E-state index in [0.29, 0.717) is 42.0 Å². The molecule has 10 heteroatoms. The molecule has 30 heavy (non-hydrogen) atoms. The first kappa shape index (κ1) is 20.7. The van der Waals surface area contributed by atoms with Crippen molar-refractivity contribution < 1.29 is 8.42 Å². The minimum absolute atomic E-state index is 0.406. The first-order valence-electron chi connectivity index (χ1n) is 9.68. The molecule has 0 aromatic carbocycles. The summed E-state index contributed by atoms with van der Waals surface area (Å²) in [5.41, 5.74) is 1.11. The van der Waals surface area contributed by atoms with Crippen molar-refractivity contribution in [1.29, 1.82) is 0 Å². The molecule has 1 aliphatic heterocycles. The highest BCUT2D eigenvalue weighted by Crippen LogP contribution is 2.26. The Morgan fingerprint density at radius 1 is 0.967 bits per heavy atom. The maximum absolute atomic E-state index is 12.9. The molecule has 8 nitrogen and oxygen atoms in total. The monoisotopic (exact) mass is 444 g/mol. The van der Waals surface area contributed by atoms with Crippen LogP contribution in [0.5, 0.6) is 0 Å². The Morgan fingerprint density at radius 3 is 2.40 bits per heavy atom. The van der Waals surface area contributed by atoms with Crippen molar-refractivity contribution >= 4 is 38.8 Å². The molecule has 3 aromatic heterocycles. The minimum Gasteiger partial charge on any atom is -0.354 e. The molecule has 1 fully saturated rings. The first-order valence-corrected chi connectivity index (χ1v) is 11.9. The number of piperazine rings is 1. The van der Waals surface area contributed by atoms with Gasteiger partial charge in [0.2, 0.25) is 0 Å². The molecular weight excluding hydrogens is 420 g/mol. The van der Waals surface area contributed by atoms with Gasteiger partial charge in [-0.1, -0.05) is 0 Å². The van der Waals surface area contributed by atoms with Gasteiger partial charge in [-0.15, -0.1) is 11.3 Å². The lowest BCUT2D eigenvalue weighted by atomic mass is 10.3. The van der Waals surface area contributed by atoms with Gasteiger partial charge in [0.25, 0.3) is 10.0 Å². The van der Waals surface area contributed by atoms with Gasteiger partial charge >= 0.3 is 0 Å². The Morgan fingerprint density at radius 2 is 1.73 bits per heavy atom. The number of rotatable bonds is 5. The molecule has 0 bridgehead atoms. The van der Waals surface area contributed by atoms with E-state index >= 15 is 0 Å². The van der Waals surface area contributed by atoms with E-state index in [-0.39, 0.29) is 0 Å². The summed E-state index contributed by atoms with van der Waals surface area (Å²) in [6.07, 6.45) is 1.75. The summed E-state index contributed by atoms with van der Waals surface area (Å²) in [4.78, 5) is 16.4. The maximum Gasteiger partial charge on any atom is 0.252 e. The highest BCUT2D eigenvalue weighted by Gasteiger charge is 2.30. The van der Waals surface area contributed by atoms with Crippen LogP contribution >= 0.6 is 11.3 Å². The third-order valence-electron chi connectivity index (χ3n) is 4.87. The van der Waals surface area contributed by atoms with E-state index in [1.165, 1.54) is 11.3 Å². The van der Waals surface area contributed by atoms with Crippen LogP contribution in [-0.2, 0) is 10.0 Å². The van der Waals surface area contributed by atoms with Crippen molar-refractivity contribution in [3.63, 3.8) is 0 Å². The number of anilines is 3. The predicted octanol–water partition coefficient (Wildman–Crippen LogP) is 3.11. The van der Waals surface area contributed by atoms with Crippen LogP contribution in [0.1, 0.15) is 16.3 Å². The normalized spacial score (nSPS) is 15.4. The zero-order valence-electron chi connectivity index (χ0n) is 17.2. The van der Waals surface area contributed by atoms with Gasteiger partial charge in [-0.25, -0.2) is 23.4 Å². The van der Waals surface area contributed by atoms with Gasteiger partial charge in [-0.2, -0.15) is 4.31 Å². The van der Waals surface area contributed by atoms with E-state index < -0.39 is 10.0 Å². The number of hydrogen-bond donors (Lipinski definition) is 1. The minimum atomic E-state index is -3.44. The Kier molecular flexibility index (Phi) is 5.72. The van der Waals surface area contributed by atoms with Crippen LogP contribution in [0.15, 0.2) is 40.7 Å². The van der Waals surface area contributed by atoms with Crippen LogP contribution in [0.4, 0.5) is 17.5 Å². The summed E-state index contributed by atoms with van der Waals surface area (Å²) in [5, 5.41) is 3.23. The van der Waals surface area contributed by atoms with Gasteiger partial charge in [-0.05, 0) is 50.6 Å². The van der Waals surface area contributed by atoms with Crippen LogP contribution in [-0.4, -0.2) is 53.9 Å². The summed E-state index contributed by atoms with van der Waals surface area (Å²) >= 11 is 1.31. The number of thiophene rings is 1. The number of nitrogens with zero attached hydrogens (tertiary/aromatic N) is 5. The summed E-state index contributed by atoms with van der Waals surface area (Å²) in [6.45, 7) is 7.75. The molecule has 4 rings (SSSR count). The molecule has 0 amide bonds. The summed E-state index contributed by atoms with van der Waals surface area (Å²) < 4.78 is 27.7. The molecule has 0 saturated carbocycles. The highest BCUT2D eigenvalue weighted by molar-refractivity contribution is 7.91. The van der Waals surface area contributed by atoms with Crippen molar-refractivity contribution in [2.75, 3.05) is 36.4 Å². The van der Waals surface area contributed by atoms with E-state index in [2.05, 4.69) is 25.2 Å². The third-order valence-corrected chi connectivity index (χ3v) is 8.24. The van der Waals surface area contributed by atoms with Crippen LogP contribution < -0.4 is 10.2 Å². The zero-order valence-corrected chi connectivity index (χ0v) is 18.8. The molecule has 4 heterocycles. The second-order valence-electron chi connectivity index (χ2n) is 7.26. The van der Waals surface area contributed by atoms with Crippen molar-refractivity contribution in [3.8, 4) is 0 Å². The molecule has 0 unspecified atom stereocenters. The lowest BCUT2D eigenvalue weighted by molar-refractivity contribution is 0.384. The Balaban J connectivity index is 1.47. The van der Waals surface area contributed by atoms with E-state index in [1.54, 1.807) is 16.6 Å². The first-order chi connectivity index (χ1) is 14.3. The van der Waals surface area contributed by atoms with Crippen LogP contribution in [0, 0.1) is 20.8 Å². The number of hydrogen-bond acceptors (Lipinski definition) is 8. The van der Waals surface area contributed by atoms with E-state index in [4.69, 9.17) is 0 Å². The highest BCUT2D eigenvalue weighted by atomic mass is 32.2. The number of pyridine rings is 1. The average Bonchev–Trinajstić information content (AvgIpc) is 3.15. The zero-order chi connectivity index (χ0) is 21.3. The standard InChI is InChI=1S/C20H24N6O2S2/c1-14-6-7-21-17(12-14)24-18-13-19(23-16(3)22-18)25-8-10-26(11-9-25)30(27,28)20-5-4-15(2)29-20/h4-7,12-13H,8-11H2,1-3H3,(H,21,22,23,24). The molecule has 1 saturated heterocycles. The molecule has 0 atom stereocenters. The Labute approximate surface area is 180 Å². The smallest absolute Gasteiger partial charge is 0.252 e. The van der Waals surface area contributed by atoms with E-state index in [9.17, 15) is 8.42 Å². The second kappa shape index (κ2) is 8.29. The summed E-state index contributed by atoms with van der Waals surface area (Å²) in [7, 11) is -3.44. The molecule has 3 aromatic rings. The van der Waals surface area contributed by atoms with Gasteiger partial charge in [0.15, 0.2) is 0 Å². The number of nitrogens with one attached hydrogen (secondary N) is 1. The number of sulfonamides is 1. The fraction of sp³-hybridized carbons (Fsp3) is 0.350. The van der Waals surface area contributed by atoms with E-state index in [1.807, 2.05) is 45.0 Å². The SMILES string of the molecule is Cc1ccnc(Nc2cc(N3CCN(S(=O)(=O)c4ccc(C)s4)CC3)nc(C)n2)c1. The van der Waals surface area contributed by atoms with Crippen molar-refractivity contribution in [2.24, 2.45) is 0 Å². The lowest BCUT2D eigenvalue weighted by Crippen LogP contribution is -2.48. The quantitative estimate of drug-likeness (QED) is 0.646. The summed E-state index contributed by atoms with van der Waals surface area (Å²) in [6, 6.07) is 9.30. The van der Waals surface area contributed by atoms with Gasteiger partial charge in [0, 0.05) is 43.3 Å². The Bertz CT molecular complexity index is 1150. The molecule has 0 radical (unpaired) electrons. The average molecular weight is 445 g/mol. The largest absolute Gasteiger partial charge is 0.354 e. The van der Waals surface area contributed by atoms with Gasteiger partial charge in [0.1, 0.15) is 27.5 Å². The number of aryl methyl sites for hydroxylation is 3. The molecule has 0 spiro atoms. The predicted molar refractivity (Wildman–Crippen MR) is 119 cm³/mol. The van der Waals surface area contributed by atoms with Crippen molar-refractivity contribution in [3.05, 3.63) is 52.8 Å². The Hall–Kier alpha value is -2.56. The molecular formula is C20H24N6O2S2. The molecule has 1 aliphatic rings. The topological polar surface area (TPSA) is 91.3 Å². The third kappa shape index (κ3) is 4.45. The van der Waals surface area contributed by atoms with Gasteiger partial charge in [0.05, 0.1) is 0 Å².